The van der Waals surface area contributed by atoms with Gasteiger partial charge in [-0.1, -0.05) is 109 Å². The van der Waals surface area contributed by atoms with E-state index in [0.717, 1.165) is 12.8 Å². The Balaban J connectivity index is 1.55. The van der Waals surface area contributed by atoms with Crippen molar-refractivity contribution in [1.82, 2.24) is 4.98 Å². The van der Waals surface area contributed by atoms with Crippen LogP contribution in [0.2, 0.25) is 0 Å². The van der Waals surface area contributed by atoms with E-state index in [4.69, 9.17) is 4.74 Å². The predicted octanol–water partition coefficient (Wildman–Crippen LogP) is 8.09. The summed E-state index contributed by atoms with van der Waals surface area (Å²) in [6.07, 6.45) is 19.8. The summed E-state index contributed by atoms with van der Waals surface area (Å²) in [6, 6.07) is 10.5. The van der Waals surface area contributed by atoms with E-state index in [1.807, 2.05) is 18.2 Å². The average molecular weight is 440 g/mol. The molecule has 32 heavy (non-hydrogen) atoms. The minimum atomic E-state index is -0.488. The Morgan fingerprint density at radius 2 is 1.38 bits per heavy atom. The third-order valence-corrected chi connectivity index (χ3v) is 5.92. The number of hydrogen-bond acceptors (Lipinski definition) is 4. The van der Waals surface area contributed by atoms with E-state index < -0.39 is 5.97 Å². The average Bonchev–Trinajstić information content (AvgIpc) is 2.81. The number of esters is 1. The number of pyridine rings is 1. The minimum Gasteiger partial charge on any atom is -0.507 e. The Labute approximate surface area is 194 Å². The van der Waals surface area contributed by atoms with E-state index >= 15 is 0 Å². The number of hydrogen-bond donors (Lipinski definition) is 1. The molecule has 4 nitrogen and oxygen atoms in total. The molecule has 0 aliphatic rings. The largest absolute Gasteiger partial charge is 0.507 e. The fraction of sp³-hybridized carbons (Fsp3) is 0.571. The van der Waals surface area contributed by atoms with Gasteiger partial charge in [0.15, 0.2) is 0 Å². The Morgan fingerprint density at radius 3 is 1.94 bits per heavy atom. The Morgan fingerprint density at radius 1 is 0.781 bits per heavy atom. The van der Waals surface area contributed by atoms with Crippen molar-refractivity contribution in [2.45, 2.75) is 96.8 Å². The third kappa shape index (κ3) is 9.84. The van der Waals surface area contributed by atoms with E-state index in [2.05, 4.69) is 11.9 Å². The van der Waals surface area contributed by atoms with E-state index in [1.165, 1.54) is 83.1 Å². The summed E-state index contributed by atoms with van der Waals surface area (Å²) in [4.78, 5) is 16.9. The molecule has 0 radical (unpaired) electrons. The number of nitrogens with zero attached hydrogens (tertiary/aromatic N) is 1. The van der Waals surface area contributed by atoms with Gasteiger partial charge in [0.2, 0.25) is 0 Å². The van der Waals surface area contributed by atoms with E-state index in [0.29, 0.717) is 17.9 Å². The van der Waals surface area contributed by atoms with Gasteiger partial charge in [0.05, 0.1) is 12.3 Å². The SMILES string of the molecule is CCCCCCCCCCCCCCCCOC(=O)c1c(O)cccc1-c1ccccn1. The highest BCUT2D eigenvalue weighted by Gasteiger charge is 2.19. The molecule has 1 heterocycles. The summed E-state index contributed by atoms with van der Waals surface area (Å²) in [7, 11) is 0. The number of aromatic nitrogens is 1. The second-order valence-electron chi connectivity index (χ2n) is 8.65. The zero-order valence-electron chi connectivity index (χ0n) is 19.9. The molecule has 2 aromatic rings. The second kappa shape index (κ2) is 16.3. The maximum absolute atomic E-state index is 12.6. The maximum Gasteiger partial charge on any atom is 0.342 e. The van der Waals surface area contributed by atoms with Crippen molar-refractivity contribution in [2.24, 2.45) is 0 Å². The van der Waals surface area contributed by atoms with Crippen molar-refractivity contribution in [1.29, 1.82) is 0 Å². The molecule has 0 aliphatic carbocycles. The molecular formula is C28H41NO3. The number of carbonyl (C=O) groups excluding carboxylic acids is 1. The Kier molecular flexibility index (Phi) is 13.2. The van der Waals surface area contributed by atoms with Gasteiger partial charge in [-0.3, -0.25) is 4.98 Å². The van der Waals surface area contributed by atoms with Gasteiger partial charge in [0, 0.05) is 11.8 Å². The fourth-order valence-electron chi connectivity index (χ4n) is 4.02. The Bertz CT molecular complexity index is 761. The van der Waals surface area contributed by atoms with E-state index in [-0.39, 0.29) is 11.3 Å². The van der Waals surface area contributed by atoms with Gasteiger partial charge < -0.3 is 9.84 Å². The van der Waals surface area contributed by atoms with Crippen molar-refractivity contribution in [3.8, 4) is 17.0 Å². The lowest BCUT2D eigenvalue weighted by Crippen LogP contribution is -2.09. The standard InChI is InChI=1S/C28H41NO3/c1-2-3-4-5-6-7-8-9-10-11-12-13-14-17-23-32-28(31)27-24(19-18-21-26(27)30)25-20-15-16-22-29-25/h15-16,18-22,30H,2-14,17,23H2,1H3. The summed E-state index contributed by atoms with van der Waals surface area (Å²) in [5, 5.41) is 10.2. The normalized spacial score (nSPS) is 10.9. The quantitative estimate of drug-likeness (QED) is 0.200. The predicted molar refractivity (Wildman–Crippen MR) is 132 cm³/mol. The van der Waals surface area contributed by atoms with Crippen LogP contribution >= 0.6 is 0 Å². The molecule has 176 valence electrons. The van der Waals surface area contributed by atoms with Gasteiger partial charge in [0.25, 0.3) is 0 Å². The molecule has 0 bridgehead atoms. The molecule has 2 rings (SSSR count). The van der Waals surface area contributed by atoms with Crippen molar-refractivity contribution in [2.75, 3.05) is 6.61 Å². The first kappa shape index (κ1) is 25.9. The van der Waals surface area contributed by atoms with Gasteiger partial charge >= 0.3 is 5.97 Å². The second-order valence-corrected chi connectivity index (χ2v) is 8.65. The molecule has 0 aliphatic heterocycles. The summed E-state index contributed by atoms with van der Waals surface area (Å²) in [5.74, 6) is -0.558. The van der Waals surface area contributed by atoms with Crippen LogP contribution in [0.4, 0.5) is 0 Å². The number of phenolic OH excluding ortho intramolecular Hbond substituents is 1. The van der Waals surface area contributed by atoms with Crippen LogP contribution in [-0.4, -0.2) is 22.7 Å². The number of ether oxygens (including phenoxy) is 1. The van der Waals surface area contributed by atoms with Gasteiger partial charge in [-0.25, -0.2) is 4.79 Å². The van der Waals surface area contributed by atoms with Crippen LogP contribution in [0.15, 0.2) is 42.6 Å². The number of carbonyl (C=O) groups is 1. The number of aromatic hydroxyl groups is 1. The highest BCUT2D eigenvalue weighted by Crippen LogP contribution is 2.29. The van der Waals surface area contributed by atoms with Crippen LogP contribution in [0.3, 0.4) is 0 Å². The topological polar surface area (TPSA) is 59.4 Å². The molecule has 0 saturated heterocycles. The monoisotopic (exact) mass is 439 g/mol. The minimum absolute atomic E-state index is 0.0703. The van der Waals surface area contributed by atoms with Gasteiger partial charge in [0.1, 0.15) is 11.3 Å². The number of phenols is 1. The lowest BCUT2D eigenvalue weighted by Gasteiger charge is -2.11. The third-order valence-electron chi connectivity index (χ3n) is 5.92. The summed E-state index contributed by atoms with van der Waals surface area (Å²) in [6.45, 7) is 2.65. The molecule has 1 aromatic carbocycles. The van der Waals surface area contributed by atoms with Crippen LogP contribution in [0.25, 0.3) is 11.3 Å². The van der Waals surface area contributed by atoms with Gasteiger partial charge in [-0.15, -0.1) is 0 Å². The number of benzene rings is 1. The fourth-order valence-corrected chi connectivity index (χ4v) is 4.02. The van der Waals surface area contributed by atoms with E-state index in [1.54, 1.807) is 18.3 Å². The molecule has 1 N–H and O–H groups in total. The molecule has 0 unspecified atom stereocenters. The highest BCUT2D eigenvalue weighted by atomic mass is 16.5. The van der Waals surface area contributed by atoms with Crippen molar-refractivity contribution in [3.05, 3.63) is 48.2 Å². The zero-order valence-corrected chi connectivity index (χ0v) is 19.9. The van der Waals surface area contributed by atoms with Crippen molar-refractivity contribution in [3.63, 3.8) is 0 Å². The molecule has 4 heteroatoms. The molecule has 1 aromatic heterocycles. The first-order chi connectivity index (χ1) is 15.7. The molecule has 0 spiro atoms. The van der Waals surface area contributed by atoms with Crippen LogP contribution in [0, 0.1) is 0 Å². The molecule has 0 amide bonds. The summed E-state index contributed by atoms with van der Waals surface area (Å²) < 4.78 is 5.45. The first-order valence-corrected chi connectivity index (χ1v) is 12.6. The van der Waals surface area contributed by atoms with Crippen molar-refractivity contribution < 1.29 is 14.6 Å². The smallest absolute Gasteiger partial charge is 0.342 e. The van der Waals surface area contributed by atoms with Crippen LogP contribution < -0.4 is 0 Å². The summed E-state index contributed by atoms with van der Waals surface area (Å²) >= 11 is 0. The molecule has 0 fully saturated rings. The number of rotatable bonds is 17. The van der Waals surface area contributed by atoms with Crippen molar-refractivity contribution >= 4 is 5.97 Å². The van der Waals surface area contributed by atoms with Crippen LogP contribution in [0.5, 0.6) is 5.75 Å². The van der Waals surface area contributed by atoms with Gasteiger partial charge in [-0.05, 0) is 24.6 Å². The Hall–Kier alpha value is -2.36. The summed E-state index contributed by atoms with van der Waals surface area (Å²) in [5.41, 5.74) is 1.43. The zero-order chi connectivity index (χ0) is 22.9. The maximum atomic E-state index is 12.6. The molecule has 0 atom stereocenters. The molecule has 0 saturated carbocycles. The van der Waals surface area contributed by atoms with Gasteiger partial charge in [-0.2, -0.15) is 0 Å². The lowest BCUT2D eigenvalue weighted by atomic mass is 10.0. The lowest BCUT2D eigenvalue weighted by molar-refractivity contribution is 0.0495. The van der Waals surface area contributed by atoms with Crippen LogP contribution in [0.1, 0.15) is 107 Å². The molecular weight excluding hydrogens is 398 g/mol. The number of unbranched alkanes of at least 4 members (excludes halogenated alkanes) is 13. The highest BCUT2D eigenvalue weighted by molar-refractivity contribution is 5.99. The van der Waals surface area contributed by atoms with Crippen LogP contribution in [-0.2, 0) is 4.74 Å². The first-order valence-electron chi connectivity index (χ1n) is 12.6. The van der Waals surface area contributed by atoms with E-state index in [9.17, 15) is 9.90 Å².